The highest BCUT2D eigenvalue weighted by Crippen LogP contribution is 2.46. The molecule has 2 aliphatic heterocycles. The van der Waals surface area contributed by atoms with E-state index in [1.165, 1.54) is 5.56 Å². The Bertz CT molecular complexity index is 653. The van der Waals surface area contributed by atoms with E-state index in [-0.39, 0.29) is 19.0 Å². The molecule has 2 aromatic rings. The van der Waals surface area contributed by atoms with E-state index in [1.54, 1.807) is 7.11 Å². The highest BCUT2D eigenvalue weighted by Gasteiger charge is 2.32. The van der Waals surface area contributed by atoms with Crippen LogP contribution < -0.4 is 14.2 Å². The van der Waals surface area contributed by atoms with Gasteiger partial charge < -0.3 is 18.9 Å². The van der Waals surface area contributed by atoms with Crippen LogP contribution in [-0.2, 0) is 4.74 Å². The molecule has 4 rings (SSSR count). The minimum Gasteiger partial charge on any atom is -0.464 e. The van der Waals surface area contributed by atoms with Crippen molar-refractivity contribution >= 4 is 0 Å². The minimum absolute atomic E-state index is 0.231. The molecule has 2 unspecified atom stereocenters. The molecule has 0 bridgehead atoms. The van der Waals surface area contributed by atoms with Crippen LogP contribution in [0.15, 0.2) is 42.5 Å². The van der Waals surface area contributed by atoms with Crippen LogP contribution in [0.3, 0.4) is 0 Å². The maximum atomic E-state index is 5.90. The molecular weight excluding hydrogens is 268 g/mol. The lowest BCUT2D eigenvalue weighted by Gasteiger charge is -2.31. The first kappa shape index (κ1) is 12.5. The van der Waals surface area contributed by atoms with Gasteiger partial charge in [-0.15, -0.1) is 0 Å². The summed E-state index contributed by atoms with van der Waals surface area (Å²) in [5, 5.41) is 0. The van der Waals surface area contributed by atoms with Crippen molar-refractivity contribution in [1.29, 1.82) is 0 Å². The van der Waals surface area contributed by atoms with Crippen molar-refractivity contribution in [2.45, 2.75) is 18.6 Å². The second-order valence-electron chi connectivity index (χ2n) is 5.23. The van der Waals surface area contributed by atoms with Crippen LogP contribution in [0.2, 0.25) is 0 Å². The smallest absolute Gasteiger partial charge is 0.231 e. The number of methoxy groups -OCH3 is 1. The van der Waals surface area contributed by atoms with Crippen LogP contribution in [0, 0.1) is 0 Å². The molecule has 0 saturated heterocycles. The number of ether oxygens (including phenoxy) is 4. The number of hydrogen-bond donors (Lipinski definition) is 0. The predicted molar refractivity (Wildman–Crippen MR) is 76.9 cm³/mol. The number of benzene rings is 2. The minimum atomic E-state index is -0.247. The average molecular weight is 284 g/mol. The van der Waals surface area contributed by atoms with Gasteiger partial charge in [-0.1, -0.05) is 30.3 Å². The lowest BCUT2D eigenvalue weighted by molar-refractivity contribution is -0.0690. The van der Waals surface area contributed by atoms with E-state index in [4.69, 9.17) is 18.9 Å². The lowest BCUT2D eigenvalue weighted by Crippen LogP contribution is -2.27. The van der Waals surface area contributed by atoms with Gasteiger partial charge in [-0.3, -0.25) is 0 Å². The van der Waals surface area contributed by atoms with Gasteiger partial charge in [-0.05, 0) is 11.6 Å². The van der Waals surface area contributed by atoms with Gasteiger partial charge in [0.15, 0.2) is 17.8 Å². The topological polar surface area (TPSA) is 36.9 Å². The molecular formula is C17H16O4. The zero-order chi connectivity index (χ0) is 14.2. The van der Waals surface area contributed by atoms with Gasteiger partial charge in [0.25, 0.3) is 0 Å². The number of rotatable bonds is 2. The summed E-state index contributed by atoms with van der Waals surface area (Å²) in [7, 11) is 1.67. The molecule has 0 fully saturated rings. The third kappa shape index (κ3) is 2.12. The summed E-state index contributed by atoms with van der Waals surface area (Å²) in [5.41, 5.74) is 2.38. The largest absolute Gasteiger partial charge is 0.464 e. The molecule has 0 spiro atoms. The number of fused-ring (bicyclic) bond motifs is 2. The fourth-order valence-electron chi connectivity index (χ4n) is 2.97. The van der Waals surface area contributed by atoms with E-state index >= 15 is 0 Å². The van der Waals surface area contributed by atoms with Crippen molar-refractivity contribution < 1.29 is 18.9 Å². The molecule has 0 saturated carbocycles. The molecule has 4 heteroatoms. The van der Waals surface area contributed by atoms with Crippen LogP contribution in [0.5, 0.6) is 17.2 Å². The van der Waals surface area contributed by atoms with Gasteiger partial charge in [-0.2, -0.15) is 0 Å². The Labute approximate surface area is 123 Å². The van der Waals surface area contributed by atoms with Crippen molar-refractivity contribution in [3.63, 3.8) is 0 Å². The monoisotopic (exact) mass is 284 g/mol. The number of hydrogen-bond acceptors (Lipinski definition) is 4. The molecule has 2 atom stereocenters. The second kappa shape index (κ2) is 4.97. The molecule has 2 heterocycles. The van der Waals surface area contributed by atoms with Crippen molar-refractivity contribution in [3.8, 4) is 17.2 Å². The molecule has 0 amide bonds. The van der Waals surface area contributed by atoms with Crippen molar-refractivity contribution in [1.82, 2.24) is 0 Å². The molecule has 4 nitrogen and oxygen atoms in total. The Kier molecular flexibility index (Phi) is 2.97. The maximum Gasteiger partial charge on any atom is 0.231 e. The summed E-state index contributed by atoms with van der Waals surface area (Å²) < 4.78 is 22.2. The summed E-state index contributed by atoms with van der Waals surface area (Å²) in [4.78, 5) is 0. The standard InChI is InChI=1S/C17H16O4/c1-18-17-8-12(11-5-3-2-4-6-11)13-7-15-16(20-10-19-15)9-14(13)21-17/h2-7,9,12,17H,8,10H2,1H3. The van der Waals surface area contributed by atoms with Crippen molar-refractivity contribution in [2.24, 2.45) is 0 Å². The Morgan fingerprint density at radius 3 is 2.52 bits per heavy atom. The third-order valence-corrected chi connectivity index (χ3v) is 4.03. The van der Waals surface area contributed by atoms with Crippen LogP contribution in [0.4, 0.5) is 0 Å². The van der Waals surface area contributed by atoms with Gasteiger partial charge in [0, 0.05) is 31.1 Å². The highest BCUT2D eigenvalue weighted by atomic mass is 16.7. The van der Waals surface area contributed by atoms with Gasteiger partial charge in [0.2, 0.25) is 6.79 Å². The van der Waals surface area contributed by atoms with Gasteiger partial charge in [0.1, 0.15) is 5.75 Å². The van der Waals surface area contributed by atoms with Crippen molar-refractivity contribution in [3.05, 3.63) is 53.6 Å². The van der Waals surface area contributed by atoms with E-state index < -0.39 is 0 Å². The molecule has 108 valence electrons. The first-order chi connectivity index (χ1) is 10.3. The predicted octanol–water partition coefficient (Wildman–Crippen LogP) is 3.30. The summed E-state index contributed by atoms with van der Waals surface area (Å²) >= 11 is 0. The Hall–Kier alpha value is -2.20. The summed E-state index contributed by atoms with van der Waals surface area (Å²) in [6.45, 7) is 0.266. The third-order valence-electron chi connectivity index (χ3n) is 4.03. The summed E-state index contributed by atoms with van der Waals surface area (Å²) in [6.07, 6.45) is 0.538. The van der Waals surface area contributed by atoms with E-state index in [2.05, 4.69) is 24.3 Å². The Morgan fingerprint density at radius 1 is 1.00 bits per heavy atom. The van der Waals surface area contributed by atoms with Crippen LogP contribution in [0.25, 0.3) is 0 Å². The first-order valence-corrected chi connectivity index (χ1v) is 7.03. The molecule has 0 radical (unpaired) electrons. The van der Waals surface area contributed by atoms with Crippen LogP contribution >= 0.6 is 0 Å². The van der Waals surface area contributed by atoms with Crippen molar-refractivity contribution in [2.75, 3.05) is 13.9 Å². The second-order valence-corrected chi connectivity index (χ2v) is 5.23. The fraction of sp³-hybridized carbons (Fsp3) is 0.294. The Morgan fingerprint density at radius 2 is 1.76 bits per heavy atom. The van der Waals surface area contributed by atoms with E-state index in [9.17, 15) is 0 Å². The molecule has 21 heavy (non-hydrogen) atoms. The van der Waals surface area contributed by atoms with Gasteiger partial charge in [-0.25, -0.2) is 0 Å². The quantitative estimate of drug-likeness (QED) is 0.848. The molecule has 0 N–H and O–H groups in total. The van der Waals surface area contributed by atoms with E-state index in [1.807, 2.05) is 18.2 Å². The van der Waals surface area contributed by atoms with Gasteiger partial charge >= 0.3 is 0 Å². The fourth-order valence-corrected chi connectivity index (χ4v) is 2.97. The van der Waals surface area contributed by atoms with Gasteiger partial charge in [0.05, 0.1) is 0 Å². The zero-order valence-corrected chi connectivity index (χ0v) is 11.7. The summed E-state index contributed by atoms with van der Waals surface area (Å²) in [6, 6.07) is 14.3. The molecule has 0 aliphatic carbocycles. The van der Waals surface area contributed by atoms with Crippen LogP contribution in [-0.4, -0.2) is 20.2 Å². The summed E-state index contributed by atoms with van der Waals surface area (Å²) in [5.74, 6) is 2.56. The SMILES string of the molecule is COC1CC(c2ccccc2)c2cc3c(cc2O1)OCO3. The van der Waals surface area contributed by atoms with E-state index in [0.29, 0.717) is 0 Å². The lowest BCUT2D eigenvalue weighted by atomic mass is 9.86. The first-order valence-electron chi connectivity index (χ1n) is 7.03. The normalized spacial score (nSPS) is 22.5. The average Bonchev–Trinajstić information content (AvgIpc) is 2.99. The maximum absolute atomic E-state index is 5.90. The highest BCUT2D eigenvalue weighted by molar-refractivity contribution is 5.55. The zero-order valence-electron chi connectivity index (χ0n) is 11.7. The Balaban J connectivity index is 1.82. The molecule has 2 aliphatic rings. The van der Waals surface area contributed by atoms with E-state index in [0.717, 1.165) is 29.2 Å². The van der Waals surface area contributed by atoms with Crippen LogP contribution in [0.1, 0.15) is 23.5 Å². The molecule has 0 aromatic heterocycles. The molecule has 2 aromatic carbocycles.